The third kappa shape index (κ3) is 5.05. The lowest BCUT2D eigenvalue weighted by Crippen LogP contribution is -2.17. The van der Waals surface area contributed by atoms with Crippen LogP contribution in [0.25, 0.3) is 0 Å². The van der Waals surface area contributed by atoms with Gasteiger partial charge in [0.1, 0.15) is 0 Å². The largest absolute Gasteiger partial charge is 0.0891 e. The van der Waals surface area contributed by atoms with Crippen molar-refractivity contribution < 1.29 is 0 Å². The lowest BCUT2D eigenvalue weighted by atomic mass is 9.81. The minimum atomic E-state index is 0.527. The highest BCUT2D eigenvalue weighted by atomic mass is 79.9. The second-order valence-electron chi connectivity index (χ2n) is 5.73. The normalized spacial score (nSPS) is 30.5. The minimum Gasteiger partial charge on any atom is -0.0891 e. The zero-order valence-electron chi connectivity index (χ0n) is 9.28. The summed E-state index contributed by atoms with van der Waals surface area (Å²) in [7, 11) is 0. The van der Waals surface area contributed by atoms with E-state index in [4.69, 9.17) is 0 Å². The minimum absolute atomic E-state index is 0.527. The summed E-state index contributed by atoms with van der Waals surface area (Å²) >= 11 is 3.75. The molecular formula is C12H23Br. The molecule has 0 spiro atoms. The van der Waals surface area contributed by atoms with Crippen molar-refractivity contribution in [1.29, 1.82) is 0 Å². The molecule has 0 heterocycles. The van der Waals surface area contributed by atoms with Crippen LogP contribution in [-0.4, -0.2) is 4.83 Å². The molecule has 0 N–H and O–H groups in total. The van der Waals surface area contributed by atoms with Crippen LogP contribution in [0, 0.1) is 11.3 Å². The summed E-state index contributed by atoms with van der Waals surface area (Å²) in [6.07, 6.45) is 8.54. The van der Waals surface area contributed by atoms with E-state index in [0.717, 1.165) is 10.7 Å². The van der Waals surface area contributed by atoms with Gasteiger partial charge in [-0.1, -0.05) is 49.5 Å². The summed E-state index contributed by atoms with van der Waals surface area (Å²) in [4.78, 5) is 0.811. The Hall–Kier alpha value is 0.480. The maximum Gasteiger partial charge on any atom is 0.0148 e. The number of rotatable bonds is 2. The maximum absolute atomic E-state index is 3.75. The number of hydrogen-bond acceptors (Lipinski definition) is 0. The molecule has 1 aliphatic rings. The molecule has 1 rings (SSSR count). The van der Waals surface area contributed by atoms with Crippen molar-refractivity contribution in [3.05, 3.63) is 0 Å². The Morgan fingerprint density at radius 3 is 2.46 bits per heavy atom. The second kappa shape index (κ2) is 4.82. The molecule has 0 aromatic carbocycles. The van der Waals surface area contributed by atoms with Crippen molar-refractivity contribution in [2.24, 2.45) is 11.3 Å². The van der Waals surface area contributed by atoms with E-state index in [0.29, 0.717) is 5.41 Å². The summed E-state index contributed by atoms with van der Waals surface area (Å²) in [5, 5.41) is 0. The van der Waals surface area contributed by atoms with E-state index in [1.54, 1.807) is 0 Å². The Kier molecular flexibility index (Phi) is 4.28. The van der Waals surface area contributed by atoms with E-state index in [-0.39, 0.29) is 0 Å². The fourth-order valence-corrected chi connectivity index (χ4v) is 2.98. The van der Waals surface area contributed by atoms with Crippen LogP contribution in [0.5, 0.6) is 0 Å². The van der Waals surface area contributed by atoms with Gasteiger partial charge in [-0.2, -0.15) is 0 Å². The summed E-state index contributed by atoms with van der Waals surface area (Å²) in [6.45, 7) is 7.05. The lowest BCUT2D eigenvalue weighted by molar-refractivity contribution is 0.279. The second-order valence-corrected chi connectivity index (χ2v) is 7.02. The Labute approximate surface area is 91.6 Å². The summed E-state index contributed by atoms with van der Waals surface area (Å²) < 4.78 is 0. The van der Waals surface area contributed by atoms with Crippen LogP contribution in [0.4, 0.5) is 0 Å². The number of halogens is 1. The molecule has 2 unspecified atom stereocenters. The van der Waals surface area contributed by atoms with Crippen molar-refractivity contribution in [3.63, 3.8) is 0 Å². The fourth-order valence-electron chi connectivity index (χ4n) is 2.12. The SMILES string of the molecule is CC(C)(C)CCC1CCCC(Br)C1. The van der Waals surface area contributed by atoms with Gasteiger partial charge in [-0.05, 0) is 37.0 Å². The molecule has 0 radical (unpaired) electrons. The highest BCUT2D eigenvalue weighted by molar-refractivity contribution is 9.09. The first-order valence-electron chi connectivity index (χ1n) is 5.61. The lowest BCUT2D eigenvalue weighted by Gasteiger charge is -2.28. The molecule has 0 aromatic rings. The van der Waals surface area contributed by atoms with Crippen molar-refractivity contribution in [1.82, 2.24) is 0 Å². The molecule has 1 heteroatoms. The van der Waals surface area contributed by atoms with Gasteiger partial charge < -0.3 is 0 Å². The number of alkyl halides is 1. The molecule has 78 valence electrons. The molecule has 1 saturated carbocycles. The molecule has 2 atom stereocenters. The average Bonchev–Trinajstić information content (AvgIpc) is 2.00. The van der Waals surface area contributed by atoms with E-state index in [2.05, 4.69) is 36.7 Å². The summed E-state index contributed by atoms with van der Waals surface area (Å²) in [5.74, 6) is 0.998. The predicted octanol–water partition coefficient (Wildman–Crippen LogP) is 4.77. The molecule has 0 aromatic heterocycles. The van der Waals surface area contributed by atoms with Crippen molar-refractivity contribution >= 4 is 15.9 Å². The molecular weight excluding hydrogens is 224 g/mol. The fraction of sp³-hybridized carbons (Fsp3) is 1.00. The van der Waals surface area contributed by atoms with Gasteiger partial charge in [0, 0.05) is 4.83 Å². The smallest absolute Gasteiger partial charge is 0.0148 e. The monoisotopic (exact) mass is 246 g/mol. The highest BCUT2D eigenvalue weighted by Crippen LogP contribution is 2.34. The van der Waals surface area contributed by atoms with E-state index in [1.807, 2.05) is 0 Å². The maximum atomic E-state index is 3.75. The quantitative estimate of drug-likeness (QED) is 0.617. The Morgan fingerprint density at radius 1 is 1.23 bits per heavy atom. The topological polar surface area (TPSA) is 0 Å². The Balaban J connectivity index is 2.21. The van der Waals surface area contributed by atoms with Gasteiger partial charge >= 0.3 is 0 Å². The molecule has 1 fully saturated rings. The van der Waals surface area contributed by atoms with Crippen LogP contribution in [0.2, 0.25) is 0 Å². The van der Waals surface area contributed by atoms with Crippen LogP contribution in [0.1, 0.15) is 59.3 Å². The third-order valence-corrected chi connectivity index (χ3v) is 3.85. The van der Waals surface area contributed by atoms with E-state index < -0.39 is 0 Å². The predicted molar refractivity (Wildman–Crippen MR) is 63.4 cm³/mol. The first-order valence-corrected chi connectivity index (χ1v) is 6.53. The Morgan fingerprint density at radius 2 is 1.92 bits per heavy atom. The molecule has 0 bridgehead atoms. The zero-order chi connectivity index (χ0) is 9.90. The standard InChI is InChI=1S/C12H23Br/c1-12(2,3)8-7-10-5-4-6-11(13)9-10/h10-11H,4-9H2,1-3H3. The van der Waals surface area contributed by atoms with E-state index in [9.17, 15) is 0 Å². The molecule has 0 nitrogen and oxygen atoms in total. The van der Waals surface area contributed by atoms with Crippen LogP contribution in [-0.2, 0) is 0 Å². The average molecular weight is 247 g/mol. The van der Waals surface area contributed by atoms with E-state index in [1.165, 1.54) is 38.5 Å². The zero-order valence-corrected chi connectivity index (χ0v) is 10.9. The van der Waals surface area contributed by atoms with Gasteiger partial charge in [-0.3, -0.25) is 0 Å². The van der Waals surface area contributed by atoms with Gasteiger partial charge in [-0.15, -0.1) is 0 Å². The summed E-state index contributed by atoms with van der Waals surface area (Å²) in [5.41, 5.74) is 0.527. The molecule has 0 aliphatic heterocycles. The summed E-state index contributed by atoms with van der Waals surface area (Å²) in [6, 6.07) is 0. The van der Waals surface area contributed by atoms with Crippen LogP contribution in [0.15, 0.2) is 0 Å². The van der Waals surface area contributed by atoms with Gasteiger partial charge in [0.05, 0.1) is 0 Å². The molecule has 0 amide bonds. The molecule has 13 heavy (non-hydrogen) atoms. The molecule has 1 aliphatic carbocycles. The van der Waals surface area contributed by atoms with Gasteiger partial charge in [0.25, 0.3) is 0 Å². The van der Waals surface area contributed by atoms with Crippen molar-refractivity contribution in [2.45, 2.75) is 64.1 Å². The van der Waals surface area contributed by atoms with Gasteiger partial charge in [-0.25, -0.2) is 0 Å². The van der Waals surface area contributed by atoms with Crippen molar-refractivity contribution in [3.8, 4) is 0 Å². The van der Waals surface area contributed by atoms with Crippen molar-refractivity contribution in [2.75, 3.05) is 0 Å². The first kappa shape index (κ1) is 11.6. The Bertz CT molecular complexity index is 146. The van der Waals surface area contributed by atoms with Crippen LogP contribution < -0.4 is 0 Å². The first-order chi connectivity index (χ1) is 5.97. The number of hydrogen-bond donors (Lipinski definition) is 0. The van der Waals surface area contributed by atoms with Gasteiger partial charge in [0.2, 0.25) is 0 Å². The van der Waals surface area contributed by atoms with Crippen LogP contribution in [0.3, 0.4) is 0 Å². The molecule has 0 saturated heterocycles. The highest BCUT2D eigenvalue weighted by Gasteiger charge is 2.21. The third-order valence-electron chi connectivity index (χ3n) is 3.02. The van der Waals surface area contributed by atoms with Gasteiger partial charge in [0.15, 0.2) is 0 Å². The van der Waals surface area contributed by atoms with E-state index >= 15 is 0 Å². The van der Waals surface area contributed by atoms with Crippen LogP contribution >= 0.6 is 15.9 Å².